The van der Waals surface area contributed by atoms with E-state index >= 15 is 0 Å². The number of hydrogen-bond donors (Lipinski definition) is 1. The van der Waals surface area contributed by atoms with Crippen molar-refractivity contribution >= 4 is 26.7 Å². The predicted molar refractivity (Wildman–Crippen MR) is 140 cm³/mol. The molecule has 218 valence electrons. The summed E-state index contributed by atoms with van der Waals surface area (Å²) in [6.45, 7) is 0.924. The van der Waals surface area contributed by atoms with Crippen LogP contribution in [0.3, 0.4) is 0 Å². The number of nitrogens with one attached hydrogen (secondary N) is 1. The van der Waals surface area contributed by atoms with Crippen molar-refractivity contribution in [2.24, 2.45) is 18.9 Å². The quantitative estimate of drug-likeness (QED) is 0.398. The fraction of sp³-hybridized carbons (Fsp3) is 0.577. The molecule has 1 aromatic carbocycles. The summed E-state index contributed by atoms with van der Waals surface area (Å²) in [5, 5.41) is 13.0. The fourth-order valence-electron chi connectivity index (χ4n) is 5.85. The molecule has 1 saturated carbocycles. The summed E-state index contributed by atoms with van der Waals surface area (Å²) in [4.78, 5) is 2.00. The SMILES string of the molecule is Cn1ncc2cc(C3CCC(OC[C@@H]4CN(c5cccnn5)CC[C@@H]4CNS(=O)(=O)C(F)(F)F)CC3)cc(F)c21. The molecular formula is C26H32F4N6O3S. The van der Waals surface area contributed by atoms with Gasteiger partial charge in [-0.15, -0.1) is 5.10 Å². The van der Waals surface area contributed by atoms with Crippen LogP contribution in [0.1, 0.15) is 43.6 Å². The number of sulfonamides is 1. The van der Waals surface area contributed by atoms with Gasteiger partial charge < -0.3 is 9.64 Å². The molecule has 1 aliphatic heterocycles. The van der Waals surface area contributed by atoms with Crippen LogP contribution in [0, 0.1) is 17.7 Å². The summed E-state index contributed by atoms with van der Waals surface area (Å²) in [6, 6.07) is 7.15. The van der Waals surface area contributed by atoms with Gasteiger partial charge in [0.25, 0.3) is 0 Å². The highest BCUT2D eigenvalue weighted by Gasteiger charge is 2.46. The fourth-order valence-corrected chi connectivity index (χ4v) is 6.45. The van der Waals surface area contributed by atoms with Crippen LogP contribution in [0.4, 0.5) is 23.4 Å². The molecule has 2 atom stereocenters. The summed E-state index contributed by atoms with van der Waals surface area (Å²) in [6.07, 6.45) is 6.83. The average molecular weight is 585 g/mol. The molecular weight excluding hydrogens is 552 g/mol. The van der Waals surface area contributed by atoms with Crippen LogP contribution in [0.2, 0.25) is 0 Å². The van der Waals surface area contributed by atoms with Gasteiger partial charge in [-0.05, 0) is 73.8 Å². The molecule has 0 amide bonds. The molecule has 0 unspecified atom stereocenters. The van der Waals surface area contributed by atoms with E-state index in [4.69, 9.17) is 4.74 Å². The van der Waals surface area contributed by atoms with E-state index in [1.165, 1.54) is 4.68 Å². The van der Waals surface area contributed by atoms with E-state index in [1.807, 2.05) is 17.0 Å². The van der Waals surface area contributed by atoms with Crippen LogP contribution in [-0.4, -0.2) is 66.2 Å². The highest BCUT2D eigenvalue weighted by atomic mass is 32.2. The van der Waals surface area contributed by atoms with Gasteiger partial charge >= 0.3 is 15.5 Å². The minimum Gasteiger partial charge on any atom is -0.378 e. The summed E-state index contributed by atoms with van der Waals surface area (Å²) in [5.41, 5.74) is -3.93. The molecule has 9 nitrogen and oxygen atoms in total. The van der Waals surface area contributed by atoms with Gasteiger partial charge in [-0.3, -0.25) is 4.68 Å². The average Bonchev–Trinajstić information content (AvgIpc) is 3.32. The van der Waals surface area contributed by atoms with Gasteiger partial charge in [0.05, 0.1) is 18.9 Å². The third-order valence-corrected chi connectivity index (χ3v) is 9.27. The Balaban J connectivity index is 1.20. The number of anilines is 1. The third-order valence-electron chi connectivity index (χ3n) is 8.11. The molecule has 2 aromatic heterocycles. The molecule has 2 fully saturated rings. The number of piperidine rings is 1. The van der Waals surface area contributed by atoms with Gasteiger partial charge in [-0.1, -0.05) is 0 Å². The van der Waals surface area contributed by atoms with Crippen molar-refractivity contribution < 1.29 is 30.7 Å². The Morgan fingerprint density at radius 1 is 1.12 bits per heavy atom. The van der Waals surface area contributed by atoms with Crippen LogP contribution in [0.25, 0.3) is 10.9 Å². The molecule has 1 saturated heterocycles. The minimum absolute atomic E-state index is 0.0392. The summed E-state index contributed by atoms with van der Waals surface area (Å²) >= 11 is 0. The zero-order valence-corrected chi connectivity index (χ0v) is 22.8. The molecule has 1 aliphatic carbocycles. The van der Waals surface area contributed by atoms with Crippen molar-refractivity contribution in [3.05, 3.63) is 48.0 Å². The van der Waals surface area contributed by atoms with Crippen molar-refractivity contribution in [3.63, 3.8) is 0 Å². The lowest BCUT2D eigenvalue weighted by Gasteiger charge is -2.40. The predicted octanol–water partition coefficient (Wildman–Crippen LogP) is 4.13. The normalized spacial score (nSPS) is 24.5. The van der Waals surface area contributed by atoms with Crippen LogP contribution in [-0.2, 0) is 21.8 Å². The molecule has 5 rings (SSSR count). The van der Waals surface area contributed by atoms with Crippen molar-refractivity contribution in [2.45, 2.75) is 49.6 Å². The lowest BCUT2D eigenvalue weighted by atomic mass is 9.82. The van der Waals surface area contributed by atoms with Crippen molar-refractivity contribution in [1.82, 2.24) is 24.7 Å². The number of halogens is 4. The molecule has 3 aromatic rings. The largest absolute Gasteiger partial charge is 0.511 e. The van der Waals surface area contributed by atoms with Crippen molar-refractivity contribution in [3.8, 4) is 0 Å². The summed E-state index contributed by atoms with van der Waals surface area (Å²) < 4.78 is 86.1. The van der Waals surface area contributed by atoms with Gasteiger partial charge in [0.15, 0.2) is 5.82 Å². The number of benzene rings is 1. The highest BCUT2D eigenvalue weighted by Crippen LogP contribution is 2.37. The molecule has 0 bridgehead atoms. The van der Waals surface area contributed by atoms with Crippen molar-refractivity contribution in [2.75, 3.05) is 31.1 Å². The van der Waals surface area contributed by atoms with E-state index in [0.717, 1.165) is 36.6 Å². The van der Waals surface area contributed by atoms with E-state index in [9.17, 15) is 26.0 Å². The van der Waals surface area contributed by atoms with Crippen LogP contribution in [0.15, 0.2) is 36.7 Å². The van der Waals surface area contributed by atoms with Gasteiger partial charge in [0.2, 0.25) is 0 Å². The Hall–Kier alpha value is -2.84. The topological polar surface area (TPSA) is 102 Å². The number of nitrogens with zero attached hydrogens (tertiary/aromatic N) is 5. The molecule has 0 spiro atoms. The molecule has 0 radical (unpaired) electrons. The lowest BCUT2D eigenvalue weighted by molar-refractivity contribution is -0.0451. The van der Waals surface area contributed by atoms with E-state index in [0.29, 0.717) is 30.8 Å². The second-order valence-corrected chi connectivity index (χ2v) is 12.4. The first kappa shape index (κ1) is 28.7. The monoisotopic (exact) mass is 584 g/mol. The second-order valence-electron chi connectivity index (χ2n) is 10.7. The van der Waals surface area contributed by atoms with Crippen LogP contribution >= 0.6 is 0 Å². The maximum atomic E-state index is 14.7. The molecule has 1 N–H and O–H groups in total. The number of aryl methyl sites for hydroxylation is 1. The maximum Gasteiger partial charge on any atom is 0.511 e. The first-order chi connectivity index (χ1) is 19.0. The number of aromatic nitrogens is 4. The number of alkyl halides is 3. The number of hydrogen-bond acceptors (Lipinski definition) is 7. The van der Waals surface area contributed by atoms with Gasteiger partial charge in [0.1, 0.15) is 11.3 Å². The zero-order valence-electron chi connectivity index (χ0n) is 22.0. The van der Waals surface area contributed by atoms with Gasteiger partial charge in [-0.2, -0.15) is 23.4 Å². The van der Waals surface area contributed by atoms with Crippen molar-refractivity contribution in [1.29, 1.82) is 0 Å². The number of ether oxygens (including phenoxy) is 1. The zero-order chi connectivity index (χ0) is 28.5. The van der Waals surface area contributed by atoms with E-state index < -0.39 is 15.5 Å². The Bertz CT molecular complexity index is 1410. The van der Waals surface area contributed by atoms with Gasteiger partial charge in [-0.25, -0.2) is 17.5 Å². The highest BCUT2D eigenvalue weighted by molar-refractivity contribution is 7.90. The van der Waals surface area contributed by atoms with Crippen LogP contribution < -0.4 is 9.62 Å². The molecule has 2 aliphatic rings. The molecule has 14 heteroatoms. The smallest absolute Gasteiger partial charge is 0.378 e. The van der Waals surface area contributed by atoms with E-state index in [2.05, 4.69) is 15.3 Å². The minimum atomic E-state index is -5.43. The number of fused-ring (bicyclic) bond motifs is 1. The standard InChI is InChI=1S/C26H32F4N6O3S/c1-35-25-20(13-32-35)11-19(12-23(25)27)17-4-6-22(7-5-17)39-16-21-15-36(24-3-2-9-31-34-24)10-8-18(21)14-33-40(37,38)26(28,29)30/h2-3,9,11-13,17-18,21-22,33H,4-8,10,14-16H2,1H3/t17?,18-,21+,22?/m1/s1. The van der Waals surface area contributed by atoms with Crippen LogP contribution in [0.5, 0.6) is 0 Å². The Morgan fingerprint density at radius 2 is 1.90 bits per heavy atom. The first-order valence-corrected chi connectivity index (χ1v) is 14.8. The Labute approximate surface area is 229 Å². The number of rotatable bonds is 8. The Kier molecular flexibility index (Phi) is 8.30. The first-order valence-electron chi connectivity index (χ1n) is 13.3. The van der Waals surface area contributed by atoms with E-state index in [-0.39, 0.29) is 42.8 Å². The maximum absolute atomic E-state index is 14.7. The third kappa shape index (κ3) is 6.23. The summed E-state index contributed by atoms with van der Waals surface area (Å²) in [5.74, 6) is 0.00976. The van der Waals surface area contributed by atoms with E-state index in [1.54, 1.807) is 36.3 Å². The molecule has 3 heterocycles. The van der Waals surface area contributed by atoms with Gasteiger partial charge in [0, 0.05) is 44.2 Å². The summed E-state index contributed by atoms with van der Waals surface area (Å²) in [7, 11) is -3.72. The Morgan fingerprint density at radius 3 is 2.60 bits per heavy atom. The second kappa shape index (κ2) is 11.6. The molecule has 40 heavy (non-hydrogen) atoms. The lowest BCUT2D eigenvalue weighted by Crippen LogP contribution is -2.48.